The molecule has 2 aromatic carbocycles. The number of carbonyl (C=O) groups is 3. The van der Waals surface area contributed by atoms with Crippen LogP contribution in [-0.2, 0) is 9.59 Å². The highest BCUT2D eigenvalue weighted by Crippen LogP contribution is 2.25. The van der Waals surface area contributed by atoms with Crippen molar-refractivity contribution in [1.82, 2.24) is 9.80 Å². The Morgan fingerprint density at radius 1 is 0.706 bits per heavy atom. The molecule has 2 fully saturated rings. The Labute approximate surface area is 193 Å². The molecule has 0 bridgehead atoms. The van der Waals surface area contributed by atoms with Crippen molar-refractivity contribution < 1.29 is 31.9 Å². The zero-order chi connectivity index (χ0) is 24.4. The number of likely N-dealkylation sites (tertiary alicyclic amines) is 2. The number of halogens is 4. The third kappa shape index (κ3) is 5.08. The van der Waals surface area contributed by atoms with E-state index in [4.69, 9.17) is 0 Å². The minimum absolute atomic E-state index is 0.0655. The van der Waals surface area contributed by atoms with Crippen LogP contribution < -0.4 is 0 Å². The highest BCUT2D eigenvalue weighted by molar-refractivity contribution is 6.15. The van der Waals surface area contributed by atoms with Crippen molar-refractivity contribution in [3.05, 3.63) is 81.9 Å². The molecule has 2 amide bonds. The van der Waals surface area contributed by atoms with E-state index in [0.29, 0.717) is 0 Å². The number of hydrogen-bond acceptors (Lipinski definition) is 3. The highest BCUT2D eigenvalue weighted by Gasteiger charge is 2.32. The number of Topliss-reactive ketones (excluding diaryl/α,β-unsaturated/α-hetero) is 2. The molecule has 176 valence electrons. The van der Waals surface area contributed by atoms with E-state index in [1.54, 1.807) is 0 Å². The fraction of sp³-hybridized carbons (Fsp3) is 0.240. The van der Waals surface area contributed by atoms with E-state index < -0.39 is 29.1 Å². The van der Waals surface area contributed by atoms with Crippen molar-refractivity contribution in [3.8, 4) is 0 Å². The van der Waals surface area contributed by atoms with Gasteiger partial charge in [0.15, 0.2) is 29.1 Å². The molecular formula is C25H20F4N2O3. The molecule has 0 saturated carbocycles. The average Bonchev–Trinajstić information content (AvgIpc) is 2.81. The van der Waals surface area contributed by atoms with E-state index in [2.05, 4.69) is 0 Å². The number of rotatable bonds is 2. The molecule has 0 unspecified atom stereocenters. The van der Waals surface area contributed by atoms with Gasteiger partial charge in [0.25, 0.3) is 0 Å². The van der Waals surface area contributed by atoms with Crippen LogP contribution in [-0.4, -0.2) is 53.6 Å². The zero-order valence-corrected chi connectivity index (χ0v) is 18.0. The number of piperidine rings is 2. The van der Waals surface area contributed by atoms with E-state index in [0.717, 1.165) is 24.3 Å². The minimum Gasteiger partial charge on any atom is -0.324 e. The van der Waals surface area contributed by atoms with Crippen molar-refractivity contribution in [2.24, 2.45) is 0 Å². The van der Waals surface area contributed by atoms with Crippen LogP contribution >= 0.6 is 0 Å². The van der Waals surface area contributed by atoms with Crippen LogP contribution in [0, 0.1) is 23.3 Å². The number of amides is 2. The minimum atomic E-state index is -1.08. The summed E-state index contributed by atoms with van der Waals surface area (Å²) in [6.45, 7) is 0.339. The summed E-state index contributed by atoms with van der Waals surface area (Å²) in [6, 6.07) is 5.95. The summed E-state index contributed by atoms with van der Waals surface area (Å²) in [5.74, 6) is -4.62. The van der Waals surface area contributed by atoms with Crippen LogP contribution in [0.4, 0.5) is 22.4 Å². The topological polar surface area (TPSA) is 57.7 Å². The number of hydrogen-bond donors (Lipinski definition) is 0. The molecule has 2 heterocycles. The van der Waals surface area contributed by atoms with E-state index in [-0.39, 0.29) is 73.1 Å². The second-order valence-electron chi connectivity index (χ2n) is 8.18. The Kier molecular flexibility index (Phi) is 6.63. The van der Waals surface area contributed by atoms with Gasteiger partial charge in [-0.3, -0.25) is 9.59 Å². The van der Waals surface area contributed by atoms with E-state index in [1.807, 2.05) is 0 Å². The lowest BCUT2D eigenvalue weighted by atomic mass is 9.94. The summed E-state index contributed by atoms with van der Waals surface area (Å²) in [4.78, 5) is 40.7. The van der Waals surface area contributed by atoms with Crippen molar-refractivity contribution in [3.63, 3.8) is 0 Å². The largest absolute Gasteiger partial charge is 0.324 e. The molecule has 2 aliphatic heterocycles. The maximum atomic E-state index is 13.7. The van der Waals surface area contributed by atoms with Crippen LogP contribution in [0.2, 0.25) is 0 Å². The number of urea groups is 1. The molecule has 9 heteroatoms. The van der Waals surface area contributed by atoms with Gasteiger partial charge in [0.05, 0.1) is 13.1 Å². The van der Waals surface area contributed by atoms with E-state index >= 15 is 0 Å². The van der Waals surface area contributed by atoms with Crippen LogP contribution in [0.5, 0.6) is 0 Å². The molecule has 2 aromatic rings. The molecule has 0 aliphatic carbocycles. The first-order chi connectivity index (χ1) is 16.2. The standard InChI is InChI=1S/C25H20F4N2O3/c26-20-3-1-15(11-22(20)28)9-17-13-31(25(34)30-7-5-19(32)6-8-30)14-18(24(17)33)10-16-2-4-21(27)23(29)12-16/h1-4,9-12H,5-8,13-14H2/b17-9+,18-10+. The quantitative estimate of drug-likeness (QED) is 0.482. The van der Waals surface area contributed by atoms with Gasteiger partial charge in [0.2, 0.25) is 0 Å². The van der Waals surface area contributed by atoms with Crippen molar-refractivity contribution >= 4 is 29.7 Å². The second-order valence-corrected chi connectivity index (χ2v) is 8.18. The Morgan fingerprint density at radius 2 is 1.18 bits per heavy atom. The molecule has 2 aliphatic rings. The Morgan fingerprint density at radius 3 is 1.62 bits per heavy atom. The maximum Gasteiger partial charge on any atom is 0.320 e. The van der Waals surface area contributed by atoms with Crippen molar-refractivity contribution in [2.75, 3.05) is 26.2 Å². The van der Waals surface area contributed by atoms with Gasteiger partial charge in [-0.05, 0) is 47.5 Å². The van der Waals surface area contributed by atoms with Crippen LogP contribution in [0.1, 0.15) is 24.0 Å². The fourth-order valence-electron chi connectivity index (χ4n) is 3.93. The monoisotopic (exact) mass is 472 g/mol. The van der Waals surface area contributed by atoms with Gasteiger partial charge >= 0.3 is 6.03 Å². The predicted octanol–water partition coefficient (Wildman–Crippen LogP) is 4.38. The summed E-state index contributed by atoms with van der Waals surface area (Å²) < 4.78 is 54.0. The first-order valence-electron chi connectivity index (χ1n) is 10.6. The van der Waals surface area contributed by atoms with Crippen molar-refractivity contribution in [1.29, 1.82) is 0 Å². The van der Waals surface area contributed by atoms with Gasteiger partial charge in [-0.25, -0.2) is 22.4 Å². The van der Waals surface area contributed by atoms with Gasteiger partial charge in [-0.1, -0.05) is 12.1 Å². The molecule has 34 heavy (non-hydrogen) atoms. The molecule has 5 nitrogen and oxygen atoms in total. The van der Waals surface area contributed by atoms with Crippen LogP contribution in [0.15, 0.2) is 47.5 Å². The molecule has 0 radical (unpaired) electrons. The molecule has 2 saturated heterocycles. The second kappa shape index (κ2) is 9.62. The number of nitrogens with zero attached hydrogens (tertiary/aromatic N) is 2. The molecule has 0 aromatic heterocycles. The molecule has 4 rings (SSSR count). The smallest absolute Gasteiger partial charge is 0.320 e. The first kappa shape index (κ1) is 23.4. The van der Waals surface area contributed by atoms with Gasteiger partial charge in [-0.2, -0.15) is 0 Å². The molecule has 0 atom stereocenters. The Hall–Kier alpha value is -3.75. The summed E-state index contributed by atoms with van der Waals surface area (Å²) in [7, 11) is 0. The highest BCUT2D eigenvalue weighted by atomic mass is 19.2. The van der Waals surface area contributed by atoms with Gasteiger partial charge < -0.3 is 9.80 Å². The van der Waals surface area contributed by atoms with E-state index in [1.165, 1.54) is 34.1 Å². The number of benzene rings is 2. The summed E-state index contributed by atoms with van der Waals surface area (Å²) in [6.07, 6.45) is 3.22. The molecule has 0 N–H and O–H groups in total. The third-order valence-corrected chi connectivity index (χ3v) is 5.74. The lowest BCUT2D eigenvalue weighted by Crippen LogP contribution is -2.50. The number of ketones is 2. The summed E-state index contributed by atoms with van der Waals surface area (Å²) >= 11 is 0. The molecular weight excluding hydrogens is 452 g/mol. The van der Waals surface area contributed by atoms with Crippen LogP contribution in [0.3, 0.4) is 0 Å². The zero-order valence-electron chi connectivity index (χ0n) is 18.0. The van der Waals surface area contributed by atoms with E-state index in [9.17, 15) is 31.9 Å². The lowest BCUT2D eigenvalue weighted by molar-refractivity contribution is -0.121. The predicted molar refractivity (Wildman–Crippen MR) is 116 cm³/mol. The van der Waals surface area contributed by atoms with Crippen LogP contribution in [0.25, 0.3) is 12.2 Å². The fourth-order valence-corrected chi connectivity index (χ4v) is 3.93. The SMILES string of the molecule is O=C1CCN(C(=O)N2C/C(=C\c3ccc(F)c(F)c3)C(=O)/C(=C/c3ccc(F)c(F)c3)C2)CC1. The third-order valence-electron chi connectivity index (χ3n) is 5.74. The number of carbonyl (C=O) groups excluding carboxylic acids is 3. The molecule has 0 spiro atoms. The maximum absolute atomic E-state index is 13.7. The van der Waals surface area contributed by atoms with Gasteiger partial charge in [-0.15, -0.1) is 0 Å². The lowest BCUT2D eigenvalue weighted by Gasteiger charge is -2.36. The Bertz CT molecular complexity index is 1160. The van der Waals surface area contributed by atoms with Crippen molar-refractivity contribution in [2.45, 2.75) is 12.8 Å². The van der Waals surface area contributed by atoms with Gasteiger partial charge in [0, 0.05) is 37.1 Å². The summed E-state index contributed by atoms with van der Waals surface area (Å²) in [5.41, 5.74) is 0.750. The summed E-state index contributed by atoms with van der Waals surface area (Å²) in [5, 5.41) is 0. The average molecular weight is 472 g/mol. The Balaban J connectivity index is 1.69. The van der Waals surface area contributed by atoms with Gasteiger partial charge in [0.1, 0.15) is 5.78 Å². The first-order valence-corrected chi connectivity index (χ1v) is 10.6. The normalized spacial score (nSPS) is 19.3.